The Morgan fingerprint density at radius 1 is 1.11 bits per heavy atom. The van der Waals surface area contributed by atoms with E-state index in [-0.39, 0.29) is 0 Å². The largest absolute Gasteiger partial charge is 0.315 e. The van der Waals surface area contributed by atoms with Crippen LogP contribution in [-0.4, -0.2) is 81.3 Å². The maximum Gasteiger partial charge on any atom is 0.282 e. The van der Waals surface area contributed by atoms with E-state index < -0.39 is 10.2 Å². The average Bonchev–Trinajstić information content (AvgIpc) is 2.58. The fraction of sp³-hybridized carbons (Fsp3) is 1.00. The molecule has 2 atom stereocenters. The van der Waals surface area contributed by atoms with Crippen LogP contribution in [-0.2, 0) is 10.2 Å². The van der Waals surface area contributed by atoms with Crippen LogP contribution in [0.2, 0.25) is 0 Å². The van der Waals surface area contributed by atoms with Gasteiger partial charge in [0.1, 0.15) is 0 Å². The zero-order valence-electron chi connectivity index (χ0n) is 12.2. The molecule has 2 aliphatic heterocycles. The molecule has 7 heteroatoms. The molecule has 1 N–H and O–H groups in total. The van der Waals surface area contributed by atoms with Crippen molar-refractivity contribution in [1.82, 2.24) is 18.8 Å². The summed E-state index contributed by atoms with van der Waals surface area (Å²) in [6, 6.07) is 0.319. The zero-order chi connectivity index (χ0) is 14.0. The molecule has 2 rings (SSSR count). The lowest BCUT2D eigenvalue weighted by atomic mass is 10.1. The summed E-state index contributed by atoms with van der Waals surface area (Å²) >= 11 is 0. The van der Waals surface area contributed by atoms with Crippen molar-refractivity contribution < 1.29 is 8.42 Å². The molecule has 0 aromatic rings. The quantitative estimate of drug-likeness (QED) is 0.755. The van der Waals surface area contributed by atoms with E-state index in [1.165, 1.54) is 0 Å². The monoisotopic (exact) mass is 290 g/mol. The number of hydrogen-bond acceptors (Lipinski definition) is 4. The summed E-state index contributed by atoms with van der Waals surface area (Å²) in [5.41, 5.74) is 0. The van der Waals surface area contributed by atoms with E-state index in [9.17, 15) is 8.42 Å². The maximum absolute atomic E-state index is 12.7. The Hall–Kier alpha value is -0.210. The number of nitrogens with one attached hydrogen (secondary N) is 1. The molecule has 2 heterocycles. The van der Waals surface area contributed by atoms with E-state index in [0.717, 1.165) is 19.5 Å². The van der Waals surface area contributed by atoms with Crippen molar-refractivity contribution in [3.8, 4) is 0 Å². The van der Waals surface area contributed by atoms with Crippen molar-refractivity contribution in [2.75, 3.05) is 53.4 Å². The Morgan fingerprint density at radius 2 is 1.84 bits per heavy atom. The molecule has 0 aromatic heterocycles. The standard InChI is InChI=1S/C12H26N4O2S/c1-11-9-16(10-12(11)14(2)3)19(17,18)15-7-4-5-13-6-8-15/h11-13H,4-10H2,1-3H3. The first-order valence-corrected chi connectivity index (χ1v) is 8.45. The first kappa shape index (κ1) is 15.2. The third kappa shape index (κ3) is 3.28. The predicted molar refractivity (Wildman–Crippen MR) is 76.2 cm³/mol. The molecular weight excluding hydrogens is 264 g/mol. The SMILES string of the molecule is CC1CN(S(=O)(=O)N2CCCNCC2)CC1N(C)C. The summed E-state index contributed by atoms with van der Waals surface area (Å²) < 4.78 is 28.6. The molecule has 2 saturated heterocycles. The molecule has 6 nitrogen and oxygen atoms in total. The van der Waals surface area contributed by atoms with Gasteiger partial charge in [0.15, 0.2) is 0 Å². The smallest absolute Gasteiger partial charge is 0.282 e. The third-order valence-corrected chi connectivity index (χ3v) is 6.12. The van der Waals surface area contributed by atoms with Crippen LogP contribution >= 0.6 is 0 Å². The number of rotatable bonds is 3. The van der Waals surface area contributed by atoms with Gasteiger partial charge in [0.05, 0.1) is 0 Å². The summed E-state index contributed by atoms with van der Waals surface area (Å²) in [5.74, 6) is 0.384. The molecular formula is C12H26N4O2S. The molecule has 0 radical (unpaired) electrons. The van der Waals surface area contributed by atoms with Crippen LogP contribution in [0, 0.1) is 5.92 Å². The minimum atomic E-state index is -3.28. The van der Waals surface area contributed by atoms with Gasteiger partial charge in [-0.1, -0.05) is 6.92 Å². The number of likely N-dealkylation sites (N-methyl/N-ethyl adjacent to an activating group) is 1. The maximum atomic E-state index is 12.7. The zero-order valence-corrected chi connectivity index (χ0v) is 13.0. The molecule has 112 valence electrons. The van der Waals surface area contributed by atoms with Crippen molar-refractivity contribution in [2.24, 2.45) is 5.92 Å². The Bertz CT molecular complexity index is 391. The first-order valence-electron chi connectivity index (χ1n) is 7.05. The lowest BCUT2D eigenvalue weighted by molar-refractivity contribution is 0.262. The molecule has 0 aliphatic carbocycles. The van der Waals surface area contributed by atoms with E-state index in [2.05, 4.69) is 17.1 Å². The van der Waals surface area contributed by atoms with Crippen molar-refractivity contribution in [3.63, 3.8) is 0 Å². The van der Waals surface area contributed by atoms with Gasteiger partial charge in [-0.2, -0.15) is 17.0 Å². The van der Waals surface area contributed by atoms with Gasteiger partial charge in [-0.3, -0.25) is 0 Å². The molecule has 0 spiro atoms. The van der Waals surface area contributed by atoms with Crippen LogP contribution in [0.1, 0.15) is 13.3 Å². The van der Waals surface area contributed by atoms with Gasteiger partial charge >= 0.3 is 0 Å². The second-order valence-electron chi connectivity index (χ2n) is 5.84. The second kappa shape index (κ2) is 6.05. The number of hydrogen-bond donors (Lipinski definition) is 1. The minimum absolute atomic E-state index is 0.319. The van der Waals surface area contributed by atoms with E-state index in [4.69, 9.17) is 0 Å². The lowest BCUT2D eigenvalue weighted by Crippen LogP contribution is -2.45. The Morgan fingerprint density at radius 3 is 2.47 bits per heavy atom. The van der Waals surface area contributed by atoms with Crippen LogP contribution in [0.5, 0.6) is 0 Å². The van der Waals surface area contributed by atoms with Gasteiger partial charge in [0, 0.05) is 38.8 Å². The highest BCUT2D eigenvalue weighted by molar-refractivity contribution is 7.86. The summed E-state index contributed by atoms with van der Waals surface area (Å²) in [5, 5.41) is 3.24. The van der Waals surface area contributed by atoms with Gasteiger partial charge in [-0.15, -0.1) is 0 Å². The summed E-state index contributed by atoms with van der Waals surface area (Å²) in [4.78, 5) is 2.13. The Balaban J connectivity index is 2.07. The van der Waals surface area contributed by atoms with Crippen LogP contribution in [0.25, 0.3) is 0 Å². The van der Waals surface area contributed by atoms with Crippen LogP contribution in [0.15, 0.2) is 0 Å². The molecule has 0 amide bonds. The summed E-state index contributed by atoms with van der Waals surface area (Å²) in [7, 11) is 0.758. The van der Waals surface area contributed by atoms with Crippen molar-refractivity contribution in [3.05, 3.63) is 0 Å². The first-order chi connectivity index (χ1) is 8.93. The molecule has 19 heavy (non-hydrogen) atoms. The topological polar surface area (TPSA) is 55.9 Å². The van der Waals surface area contributed by atoms with Crippen LogP contribution in [0.4, 0.5) is 0 Å². The van der Waals surface area contributed by atoms with Crippen LogP contribution in [0.3, 0.4) is 0 Å². The highest BCUT2D eigenvalue weighted by atomic mass is 32.2. The Kier molecular flexibility index (Phi) is 4.84. The predicted octanol–water partition coefficient (Wildman–Crippen LogP) is -0.592. The van der Waals surface area contributed by atoms with E-state index in [0.29, 0.717) is 38.1 Å². The van der Waals surface area contributed by atoms with E-state index >= 15 is 0 Å². The van der Waals surface area contributed by atoms with E-state index in [1.54, 1.807) is 8.61 Å². The van der Waals surface area contributed by atoms with Crippen molar-refractivity contribution in [1.29, 1.82) is 0 Å². The van der Waals surface area contributed by atoms with Gasteiger partial charge in [-0.25, -0.2) is 0 Å². The molecule has 0 saturated carbocycles. The molecule has 0 aromatic carbocycles. The minimum Gasteiger partial charge on any atom is -0.315 e. The fourth-order valence-corrected chi connectivity index (χ4v) is 4.75. The second-order valence-corrected chi connectivity index (χ2v) is 7.76. The van der Waals surface area contributed by atoms with Gasteiger partial charge in [0.25, 0.3) is 10.2 Å². The Labute approximate surface area is 116 Å². The average molecular weight is 290 g/mol. The van der Waals surface area contributed by atoms with Crippen molar-refractivity contribution in [2.45, 2.75) is 19.4 Å². The lowest BCUT2D eigenvalue weighted by Gasteiger charge is -2.26. The van der Waals surface area contributed by atoms with Gasteiger partial charge < -0.3 is 10.2 Å². The third-order valence-electron chi connectivity index (χ3n) is 4.15. The van der Waals surface area contributed by atoms with Gasteiger partial charge in [0.2, 0.25) is 0 Å². The normalized spacial score (nSPS) is 31.8. The van der Waals surface area contributed by atoms with Gasteiger partial charge in [-0.05, 0) is 33.0 Å². The molecule has 2 fully saturated rings. The van der Waals surface area contributed by atoms with Crippen LogP contribution < -0.4 is 5.32 Å². The summed E-state index contributed by atoms with van der Waals surface area (Å²) in [6.45, 7) is 6.24. The number of nitrogens with zero attached hydrogens (tertiary/aromatic N) is 3. The fourth-order valence-electron chi connectivity index (χ4n) is 2.98. The van der Waals surface area contributed by atoms with Crippen molar-refractivity contribution >= 4 is 10.2 Å². The summed E-state index contributed by atoms with van der Waals surface area (Å²) in [6.07, 6.45) is 0.889. The van der Waals surface area contributed by atoms with E-state index in [1.807, 2.05) is 14.1 Å². The highest BCUT2D eigenvalue weighted by Crippen LogP contribution is 2.24. The molecule has 0 bridgehead atoms. The molecule has 2 unspecified atom stereocenters. The molecule has 2 aliphatic rings. The highest BCUT2D eigenvalue weighted by Gasteiger charge is 2.40.